The van der Waals surface area contributed by atoms with Crippen LogP contribution in [0.25, 0.3) is 0 Å². The molecule has 0 bridgehead atoms. The molecule has 0 saturated carbocycles. The third-order valence-corrected chi connectivity index (χ3v) is 4.17. The molecule has 1 aromatic rings. The Labute approximate surface area is 153 Å². The first-order chi connectivity index (χ1) is 12.2. The van der Waals surface area contributed by atoms with E-state index in [1.54, 1.807) is 0 Å². The quantitative estimate of drug-likeness (QED) is 0.401. The Kier molecular flexibility index (Phi) is 11.7. The number of guanidine groups is 1. The minimum Gasteiger partial charge on any atom is -0.396 e. The van der Waals surface area contributed by atoms with Crippen LogP contribution in [0.1, 0.15) is 38.7 Å². The first-order valence-electron chi connectivity index (χ1n) is 9.55. The lowest BCUT2D eigenvalue weighted by atomic mass is 10.0. The monoisotopic (exact) mass is 348 g/mol. The summed E-state index contributed by atoms with van der Waals surface area (Å²) in [5, 5.41) is 15.9. The van der Waals surface area contributed by atoms with Gasteiger partial charge in [-0.3, -0.25) is 4.99 Å². The molecule has 5 nitrogen and oxygen atoms in total. The van der Waals surface area contributed by atoms with Crippen molar-refractivity contribution < 1.29 is 5.11 Å². The zero-order valence-corrected chi connectivity index (χ0v) is 16.2. The van der Waals surface area contributed by atoms with Gasteiger partial charge in [-0.15, -0.1) is 0 Å². The summed E-state index contributed by atoms with van der Waals surface area (Å²) in [6, 6.07) is 10.5. The van der Waals surface area contributed by atoms with Crippen molar-refractivity contribution >= 4 is 5.96 Å². The molecule has 1 rings (SSSR count). The van der Waals surface area contributed by atoms with Gasteiger partial charge in [-0.25, -0.2) is 0 Å². The van der Waals surface area contributed by atoms with E-state index < -0.39 is 0 Å². The SMILES string of the molecule is CCCC(CCO)CN=C(NCC)NCCN(C)Cc1ccccc1. The maximum Gasteiger partial charge on any atom is 0.191 e. The topological polar surface area (TPSA) is 59.9 Å². The number of nitrogens with one attached hydrogen (secondary N) is 2. The van der Waals surface area contributed by atoms with Gasteiger partial charge in [0.05, 0.1) is 0 Å². The van der Waals surface area contributed by atoms with Crippen molar-refractivity contribution in [2.45, 2.75) is 39.7 Å². The Bertz CT molecular complexity index is 458. The van der Waals surface area contributed by atoms with E-state index in [2.05, 4.69) is 60.7 Å². The Balaban J connectivity index is 2.39. The second-order valence-electron chi connectivity index (χ2n) is 6.54. The van der Waals surface area contributed by atoms with Gasteiger partial charge in [0, 0.05) is 39.3 Å². The highest BCUT2D eigenvalue weighted by Gasteiger charge is 2.07. The molecule has 0 aliphatic rings. The summed E-state index contributed by atoms with van der Waals surface area (Å²) in [6.45, 7) is 8.88. The van der Waals surface area contributed by atoms with Gasteiger partial charge >= 0.3 is 0 Å². The van der Waals surface area contributed by atoms with Crippen LogP contribution in [0.15, 0.2) is 35.3 Å². The van der Waals surface area contributed by atoms with Crippen LogP contribution >= 0.6 is 0 Å². The molecular weight excluding hydrogens is 312 g/mol. The fraction of sp³-hybridized carbons (Fsp3) is 0.650. The molecule has 0 aromatic heterocycles. The fourth-order valence-electron chi connectivity index (χ4n) is 2.82. The van der Waals surface area contributed by atoms with E-state index >= 15 is 0 Å². The Hall–Kier alpha value is -1.59. The van der Waals surface area contributed by atoms with Gasteiger partial charge < -0.3 is 20.6 Å². The van der Waals surface area contributed by atoms with Crippen molar-refractivity contribution in [3.63, 3.8) is 0 Å². The summed E-state index contributed by atoms with van der Waals surface area (Å²) >= 11 is 0. The molecule has 0 heterocycles. The minimum absolute atomic E-state index is 0.244. The van der Waals surface area contributed by atoms with Crippen LogP contribution in [0, 0.1) is 5.92 Å². The van der Waals surface area contributed by atoms with Gasteiger partial charge in [-0.05, 0) is 38.3 Å². The molecule has 25 heavy (non-hydrogen) atoms. The zero-order valence-electron chi connectivity index (χ0n) is 16.2. The molecule has 0 aliphatic carbocycles. The molecule has 142 valence electrons. The van der Waals surface area contributed by atoms with E-state index in [1.807, 2.05) is 6.07 Å². The Morgan fingerprint density at radius 1 is 1.16 bits per heavy atom. The van der Waals surface area contributed by atoms with Crippen molar-refractivity contribution in [3.05, 3.63) is 35.9 Å². The number of benzene rings is 1. The molecule has 0 fully saturated rings. The number of rotatable bonds is 12. The summed E-state index contributed by atoms with van der Waals surface area (Å²) in [6.07, 6.45) is 3.08. The molecular formula is C20H36N4O. The van der Waals surface area contributed by atoms with E-state index in [4.69, 9.17) is 4.99 Å². The van der Waals surface area contributed by atoms with Gasteiger partial charge in [-0.2, -0.15) is 0 Å². The molecule has 0 radical (unpaired) electrons. The number of hydrogen-bond donors (Lipinski definition) is 3. The number of hydrogen-bond acceptors (Lipinski definition) is 3. The number of likely N-dealkylation sites (N-methyl/N-ethyl adjacent to an activating group) is 1. The highest BCUT2D eigenvalue weighted by atomic mass is 16.3. The van der Waals surface area contributed by atoms with Crippen LogP contribution in [0.2, 0.25) is 0 Å². The normalized spacial score (nSPS) is 13.1. The minimum atomic E-state index is 0.244. The zero-order chi connectivity index (χ0) is 18.3. The largest absolute Gasteiger partial charge is 0.396 e. The molecule has 0 aliphatic heterocycles. The molecule has 1 unspecified atom stereocenters. The summed E-state index contributed by atoms with van der Waals surface area (Å²) in [4.78, 5) is 7.00. The van der Waals surface area contributed by atoms with Crippen molar-refractivity contribution in [1.82, 2.24) is 15.5 Å². The van der Waals surface area contributed by atoms with Gasteiger partial charge in [0.15, 0.2) is 5.96 Å². The summed E-state index contributed by atoms with van der Waals surface area (Å²) in [7, 11) is 2.14. The van der Waals surface area contributed by atoms with Crippen molar-refractivity contribution in [2.75, 3.05) is 39.8 Å². The first-order valence-corrected chi connectivity index (χ1v) is 9.55. The smallest absolute Gasteiger partial charge is 0.191 e. The second kappa shape index (κ2) is 13.7. The second-order valence-corrected chi connectivity index (χ2v) is 6.54. The lowest BCUT2D eigenvalue weighted by Gasteiger charge is -2.19. The van der Waals surface area contributed by atoms with Crippen LogP contribution in [0.5, 0.6) is 0 Å². The van der Waals surface area contributed by atoms with Gasteiger partial charge in [0.25, 0.3) is 0 Å². The first kappa shape index (κ1) is 21.5. The Morgan fingerprint density at radius 3 is 2.56 bits per heavy atom. The van der Waals surface area contributed by atoms with E-state index in [1.165, 1.54) is 5.56 Å². The predicted octanol–water partition coefficient (Wildman–Crippen LogP) is 2.47. The lowest BCUT2D eigenvalue weighted by Crippen LogP contribution is -2.41. The number of aliphatic hydroxyl groups is 1. The Morgan fingerprint density at radius 2 is 1.92 bits per heavy atom. The van der Waals surface area contributed by atoms with Gasteiger partial charge in [-0.1, -0.05) is 43.7 Å². The number of aliphatic imine (C=N–C) groups is 1. The predicted molar refractivity (Wildman–Crippen MR) is 107 cm³/mol. The number of nitrogens with zero attached hydrogens (tertiary/aromatic N) is 2. The van der Waals surface area contributed by atoms with E-state index in [0.29, 0.717) is 5.92 Å². The third-order valence-electron chi connectivity index (χ3n) is 4.17. The van der Waals surface area contributed by atoms with Crippen LogP contribution in [0.4, 0.5) is 0 Å². The molecule has 1 aromatic carbocycles. The molecule has 1 atom stereocenters. The molecule has 0 spiro atoms. The highest BCUT2D eigenvalue weighted by Crippen LogP contribution is 2.10. The summed E-state index contributed by atoms with van der Waals surface area (Å²) in [5.41, 5.74) is 1.33. The van der Waals surface area contributed by atoms with E-state index in [-0.39, 0.29) is 6.61 Å². The number of aliphatic hydroxyl groups excluding tert-OH is 1. The van der Waals surface area contributed by atoms with Crippen molar-refractivity contribution in [3.8, 4) is 0 Å². The van der Waals surface area contributed by atoms with Crippen molar-refractivity contribution in [1.29, 1.82) is 0 Å². The summed E-state index contributed by atoms with van der Waals surface area (Å²) < 4.78 is 0. The molecule has 0 saturated heterocycles. The fourth-order valence-corrected chi connectivity index (χ4v) is 2.82. The third kappa shape index (κ3) is 10.1. The van der Waals surface area contributed by atoms with Crippen LogP contribution in [-0.2, 0) is 6.54 Å². The van der Waals surface area contributed by atoms with Crippen LogP contribution in [-0.4, -0.2) is 55.8 Å². The average molecular weight is 349 g/mol. The van der Waals surface area contributed by atoms with Crippen molar-refractivity contribution in [2.24, 2.45) is 10.9 Å². The van der Waals surface area contributed by atoms with Gasteiger partial charge in [0.2, 0.25) is 0 Å². The average Bonchev–Trinajstić information content (AvgIpc) is 2.60. The lowest BCUT2D eigenvalue weighted by molar-refractivity contribution is 0.253. The molecule has 0 amide bonds. The maximum absolute atomic E-state index is 9.17. The van der Waals surface area contributed by atoms with Crippen LogP contribution in [0.3, 0.4) is 0 Å². The highest BCUT2D eigenvalue weighted by molar-refractivity contribution is 5.79. The van der Waals surface area contributed by atoms with E-state index in [9.17, 15) is 5.11 Å². The molecule has 3 N–H and O–H groups in total. The van der Waals surface area contributed by atoms with Crippen LogP contribution < -0.4 is 10.6 Å². The van der Waals surface area contributed by atoms with Gasteiger partial charge in [0.1, 0.15) is 0 Å². The van der Waals surface area contributed by atoms with E-state index in [0.717, 1.165) is 57.9 Å². The standard InChI is InChI=1S/C20H36N4O/c1-4-9-18(12-15-25)16-23-20(21-5-2)22-13-14-24(3)17-19-10-7-6-8-11-19/h6-8,10-11,18,25H,4-5,9,12-17H2,1-3H3,(H2,21,22,23). The summed E-state index contributed by atoms with van der Waals surface area (Å²) in [5.74, 6) is 1.33. The molecule has 5 heteroatoms. The maximum atomic E-state index is 9.17.